The lowest BCUT2D eigenvalue weighted by Gasteiger charge is -2.32. The van der Waals surface area contributed by atoms with Crippen LogP contribution >= 0.6 is 0 Å². The number of piperidine rings is 1. The minimum atomic E-state index is -0.633. The van der Waals surface area contributed by atoms with Crippen molar-refractivity contribution in [1.29, 1.82) is 0 Å². The van der Waals surface area contributed by atoms with Gasteiger partial charge in [-0.3, -0.25) is 0 Å². The highest BCUT2D eigenvalue weighted by atomic mass is 19.1. The standard InChI is InChI=1S/C17H25BFNO2/c1-16(2)17(3,4)22-18(21-16)14-11-13(5-6-15(14)19)12-7-9-20-10-8-12/h5-6,11-12,20H,7-10H2,1-4H3. The Kier molecular flexibility index (Phi) is 4.08. The van der Waals surface area contributed by atoms with E-state index in [0.29, 0.717) is 11.4 Å². The molecule has 0 amide bonds. The van der Waals surface area contributed by atoms with Crippen LogP contribution in [-0.2, 0) is 9.31 Å². The molecule has 0 aromatic heterocycles. The zero-order chi connectivity index (χ0) is 16.0. The van der Waals surface area contributed by atoms with Gasteiger partial charge in [-0.2, -0.15) is 0 Å². The molecule has 0 spiro atoms. The molecule has 1 aromatic rings. The van der Waals surface area contributed by atoms with E-state index < -0.39 is 18.3 Å². The van der Waals surface area contributed by atoms with Gasteiger partial charge in [-0.15, -0.1) is 0 Å². The van der Waals surface area contributed by atoms with E-state index in [9.17, 15) is 4.39 Å². The molecule has 0 aliphatic carbocycles. The van der Waals surface area contributed by atoms with Gasteiger partial charge in [0.05, 0.1) is 11.2 Å². The molecule has 0 saturated carbocycles. The van der Waals surface area contributed by atoms with Crippen molar-refractivity contribution in [3.63, 3.8) is 0 Å². The fourth-order valence-electron chi connectivity index (χ4n) is 3.12. The highest BCUT2D eigenvalue weighted by Gasteiger charge is 2.52. The van der Waals surface area contributed by atoms with Gasteiger partial charge >= 0.3 is 7.12 Å². The average molecular weight is 305 g/mol. The lowest BCUT2D eigenvalue weighted by molar-refractivity contribution is 0.00578. The molecule has 2 heterocycles. The van der Waals surface area contributed by atoms with Crippen LogP contribution in [0, 0.1) is 5.82 Å². The van der Waals surface area contributed by atoms with Crippen LogP contribution < -0.4 is 10.8 Å². The van der Waals surface area contributed by atoms with E-state index in [2.05, 4.69) is 5.32 Å². The predicted molar refractivity (Wildman–Crippen MR) is 87.0 cm³/mol. The summed E-state index contributed by atoms with van der Waals surface area (Å²) in [4.78, 5) is 0. The van der Waals surface area contributed by atoms with Crippen molar-refractivity contribution in [2.75, 3.05) is 13.1 Å². The van der Waals surface area contributed by atoms with Crippen molar-refractivity contribution in [2.24, 2.45) is 0 Å². The van der Waals surface area contributed by atoms with Gasteiger partial charge < -0.3 is 14.6 Å². The summed E-state index contributed by atoms with van der Waals surface area (Å²) < 4.78 is 26.3. The second kappa shape index (κ2) is 5.62. The van der Waals surface area contributed by atoms with E-state index in [-0.39, 0.29) is 5.82 Å². The lowest BCUT2D eigenvalue weighted by Crippen LogP contribution is -2.41. The molecular weight excluding hydrogens is 280 g/mol. The third-order valence-corrected chi connectivity index (χ3v) is 5.34. The summed E-state index contributed by atoms with van der Waals surface area (Å²) >= 11 is 0. The summed E-state index contributed by atoms with van der Waals surface area (Å²) in [6.07, 6.45) is 2.18. The van der Waals surface area contributed by atoms with Crippen LogP contribution in [-0.4, -0.2) is 31.4 Å². The van der Waals surface area contributed by atoms with E-state index in [1.54, 1.807) is 6.07 Å². The second-order valence-electron chi connectivity index (χ2n) is 7.39. The Balaban J connectivity index is 1.88. The summed E-state index contributed by atoms with van der Waals surface area (Å²) in [7, 11) is -0.633. The number of hydrogen-bond donors (Lipinski definition) is 1. The van der Waals surface area contributed by atoms with Crippen LogP contribution in [0.25, 0.3) is 0 Å². The summed E-state index contributed by atoms with van der Waals surface area (Å²) in [5.41, 5.74) is 0.811. The quantitative estimate of drug-likeness (QED) is 0.852. The predicted octanol–water partition coefficient (Wildman–Crippen LogP) is 2.59. The first-order valence-electron chi connectivity index (χ1n) is 8.16. The number of benzene rings is 1. The third kappa shape index (κ3) is 2.82. The largest absolute Gasteiger partial charge is 0.497 e. The summed E-state index contributed by atoms with van der Waals surface area (Å²) in [6.45, 7) is 9.99. The Morgan fingerprint density at radius 1 is 1.09 bits per heavy atom. The number of halogens is 1. The molecule has 2 aliphatic heterocycles. The van der Waals surface area contributed by atoms with Crippen LogP contribution in [0.3, 0.4) is 0 Å². The Morgan fingerprint density at radius 3 is 2.27 bits per heavy atom. The number of rotatable bonds is 2. The molecule has 0 bridgehead atoms. The van der Waals surface area contributed by atoms with E-state index >= 15 is 0 Å². The summed E-state index contributed by atoms with van der Waals surface area (Å²) in [5, 5.41) is 3.36. The monoisotopic (exact) mass is 305 g/mol. The maximum absolute atomic E-state index is 14.3. The van der Waals surface area contributed by atoms with Crippen molar-refractivity contribution in [2.45, 2.75) is 57.7 Å². The fraction of sp³-hybridized carbons (Fsp3) is 0.647. The zero-order valence-electron chi connectivity index (χ0n) is 13.9. The molecule has 2 fully saturated rings. The van der Waals surface area contributed by atoms with Gasteiger partial charge in [0, 0.05) is 5.46 Å². The van der Waals surface area contributed by atoms with Crippen molar-refractivity contribution >= 4 is 12.6 Å². The highest BCUT2D eigenvalue weighted by molar-refractivity contribution is 6.62. The third-order valence-electron chi connectivity index (χ3n) is 5.34. The second-order valence-corrected chi connectivity index (χ2v) is 7.39. The van der Waals surface area contributed by atoms with Crippen LogP contribution in [0.4, 0.5) is 4.39 Å². The Bertz CT molecular complexity index is 540. The van der Waals surface area contributed by atoms with Gasteiger partial charge in [0.25, 0.3) is 0 Å². The first-order valence-corrected chi connectivity index (χ1v) is 8.16. The average Bonchev–Trinajstić information content (AvgIpc) is 2.69. The van der Waals surface area contributed by atoms with Gasteiger partial charge in [0.2, 0.25) is 0 Å². The zero-order valence-corrected chi connectivity index (χ0v) is 13.9. The Labute approximate surface area is 132 Å². The Hall–Kier alpha value is -0.905. The van der Waals surface area contributed by atoms with Crippen LogP contribution in [0.5, 0.6) is 0 Å². The summed E-state index contributed by atoms with van der Waals surface area (Å²) in [5.74, 6) is 0.235. The van der Waals surface area contributed by atoms with E-state index in [0.717, 1.165) is 25.9 Å². The fourth-order valence-corrected chi connectivity index (χ4v) is 3.12. The summed E-state index contributed by atoms with van der Waals surface area (Å²) in [6, 6.07) is 5.39. The first-order chi connectivity index (χ1) is 10.3. The number of hydrogen-bond acceptors (Lipinski definition) is 3. The van der Waals surface area contributed by atoms with Gasteiger partial charge in [-0.1, -0.05) is 12.1 Å². The van der Waals surface area contributed by atoms with Crippen molar-refractivity contribution in [1.82, 2.24) is 5.32 Å². The van der Waals surface area contributed by atoms with Gasteiger partial charge in [-0.05, 0) is 71.2 Å². The molecule has 0 atom stereocenters. The smallest absolute Gasteiger partial charge is 0.399 e. The molecule has 3 rings (SSSR count). The molecule has 5 heteroatoms. The first kappa shape index (κ1) is 16.0. The number of nitrogens with one attached hydrogen (secondary N) is 1. The van der Waals surface area contributed by atoms with Crippen LogP contribution in [0.15, 0.2) is 18.2 Å². The molecule has 120 valence electrons. The Morgan fingerprint density at radius 2 is 1.68 bits per heavy atom. The van der Waals surface area contributed by atoms with Gasteiger partial charge in [0.15, 0.2) is 0 Å². The molecule has 1 aromatic carbocycles. The van der Waals surface area contributed by atoms with E-state index in [1.165, 1.54) is 5.56 Å². The SMILES string of the molecule is CC1(C)OB(c2cc(C3CCNCC3)ccc2F)OC1(C)C. The van der Waals surface area contributed by atoms with E-state index in [1.807, 2.05) is 39.8 Å². The normalized spacial score (nSPS) is 24.7. The van der Waals surface area contributed by atoms with E-state index in [4.69, 9.17) is 9.31 Å². The maximum atomic E-state index is 14.3. The highest BCUT2D eigenvalue weighted by Crippen LogP contribution is 2.37. The molecular formula is C17H25BFNO2. The molecule has 0 unspecified atom stereocenters. The molecule has 2 aliphatic rings. The van der Waals surface area contributed by atoms with Gasteiger partial charge in [-0.25, -0.2) is 4.39 Å². The minimum Gasteiger partial charge on any atom is -0.399 e. The molecule has 22 heavy (non-hydrogen) atoms. The maximum Gasteiger partial charge on any atom is 0.497 e. The van der Waals surface area contributed by atoms with Crippen molar-refractivity contribution in [3.8, 4) is 0 Å². The van der Waals surface area contributed by atoms with Crippen LogP contribution in [0.2, 0.25) is 0 Å². The molecule has 2 saturated heterocycles. The minimum absolute atomic E-state index is 0.254. The lowest BCUT2D eigenvalue weighted by atomic mass is 9.76. The van der Waals surface area contributed by atoms with Gasteiger partial charge in [0.1, 0.15) is 5.82 Å². The molecule has 0 radical (unpaired) electrons. The van der Waals surface area contributed by atoms with Crippen molar-refractivity contribution < 1.29 is 13.7 Å². The molecule has 1 N–H and O–H groups in total. The van der Waals surface area contributed by atoms with Crippen LogP contribution in [0.1, 0.15) is 52.0 Å². The van der Waals surface area contributed by atoms with Crippen molar-refractivity contribution in [3.05, 3.63) is 29.6 Å². The topological polar surface area (TPSA) is 30.5 Å². The molecule has 3 nitrogen and oxygen atoms in total.